The highest BCUT2D eigenvalue weighted by Gasteiger charge is 2.50. The highest BCUT2D eigenvalue weighted by Crippen LogP contribution is 2.58. The van der Waals surface area contributed by atoms with Crippen LogP contribution >= 0.6 is 0 Å². The molecule has 1 N–H and O–H groups in total. The molecule has 3 unspecified atom stereocenters. The summed E-state index contributed by atoms with van der Waals surface area (Å²) in [6, 6.07) is 0. The van der Waals surface area contributed by atoms with E-state index in [9.17, 15) is 4.79 Å². The molecule has 3 atom stereocenters. The van der Waals surface area contributed by atoms with Crippen LogP contribution in [0.3, 0.4) is 0 Å². The van der Waals surface area contributed by atoms with Crippen molar-refractivity contribution in [3.63, 3.8) is 0 Å². The number of hydrogen-bond donors (Lipinski definition) is 1. The van der Waals surface area contributed by atoms with E-state index in [-0.39, 0.29) is 0 Å². The first-order valence-corrected chi connectivity index (χ1v) is 4.71. The van der Waals surface area contributed by atoms with E-state index >= 15 is 0 Å². The van der Waals surface area contributed by atoms with E-state index in [0.717, 1.165) is 0 Å². The molecule has 70 valence electrons. The molecule has 0 aromatic rings. The fraction of sp³-hybridized carbons (Fsp3) is 0.900. The second-order valence-corrected chi connectivity index (χ2v) is 4.39. The van der Waals surface area contributed by atoms with Gasteiger partial charge in [-0.25, -0.2) is 0 Å². The Morgan fingerprint density at radius 2 is 2.33 bits per heavy atom. The first-order valence-electron chi connectivity index (χ1n) is 4.71. The van der Waals surface area contributed by atoms with E-state index in [0.29, 0.717) is 23.7 Å². The predicted molar refractivity (Wildman–Crippen MR) is 47.9 cm³/mol. The van der Waals surface area contributed by atoms with Crippen LogP contribution in [0.4, 0.5) is 0 Å². The Morgan fingerprint density at radius 1 is 1.75 bits per heavy atom. The molecule has 1 fully saturated rings. The lowest BCUT2D eigenvalue weighted by atomic mass is 9.93. The van der Waals surface area contributed by atoms with Crippen molar-refractivity contribution in [2.45, 2.75) is 40.0 Å². The van der Waals surface area contributed by atoms with E-state index in [4.69, 9.17) is 5.11 Å². The molecule has 0 aromatic heterocycles. The molecule has 0 amide bonds. The molecule has 2 heteroatoms. The molecule has 0 bridgehead atoms. The van der Waals surface area contributed by atoms with Gasteiger partial charge in [0.2, 0.25) is 0 Å². The molecular weight excluding hydrogens is 152 g/mol. The Kier molecular flexibility index (Phi) is 2.45. The summed E-state index contributed by atoms with van der Waals surface area (Å²) in [6.45, 7) is 6.50. The second-order valence-electron chi connectivity index (χ2n) is 4.39. The topological polar surface area (TPSA) is 37.3 Å². The van der Waals surface area contributed by atoms with Crippen molar-refractivity contribution in [2.75, 3.05) is 0 Å². The lowest BCUT2D eigenvalue weighted by Crippen LogP contribution is -2.10. The van der Waals surface area contributed by atoms with Crippen molar-refractivity contribution in [3.8, 4) is 0 Å². The molecule has 0 heterocycles. The van der Waals surface area contributed by atoms with Gasteiger partial charge in [-0.3, -0.25) is 4.79 Å². The maximum absolute atomic E-state index is 10.4. The quantitative estimate of drug-likeness (QED) is 0.704. The number of carboxylic acids is 1. The third-order valence-corrected chi connectivity index (χ3v) is 3.41. The molecule has 0 aromatic carbocycles. The summed E-state index contributed by atoms with van der Waals surface area (Å²) < 4.78 is 0. The summed E-state index contributed by atoms with van der Waals surface area (Å²) >= 11 is 0. The van der Waals surface area contributed by atoms with Crippen LogP contribution in [0, 0.1) is 17.3 Å². The SMILES string of the molecule is CCC1(C)CC1C(C)CC(=O)O. The Bertz CT molecular complexity index is 188. The van der Waals surface area contributed by atoms with Crippen molar-refractivity contribution >= 4 is 5.97 Å². The average molecular weight is 170 g/mol. The van der Waals surface area contributed by atoms with Gasteiger partial charge >= 0.3 is 5.97 Å². The van der Waals surface area contributed by atoms with Crippen LogP contribution in [0.5, 0.6) is 0 Å². The lowest BCUT2D eigenvalue weighted by molar-refractivity contribution is -0.138. The minimum Gasteiger partial charge on any atom is -0.481 e. The van der Waals surface area contributed by atoms with Crippen LogP contribution in [0.15, 0.2) is 0 Å². The van der Waals surface area contributed by atoms with Gasteiger partial charge in [0.15, 0.2) is 0 Å². The van der Waals surface area contributed by atoms with Gasteiger partial charge in [0.1, 0.15) is 0 Å². The number of carboxylic acid groups (broad SMARTS) is 1. The zero-order chi connectivity index (χ0) is 9.35. The van der Waals surface area contributed by atoms with Gasteiger partial charge in [-0.2, -0.15) is 0 Å². The zero-order valence-corrected chi connectivity index (χ0v) is 8.13. The Balaban J connectivity index is 2.37. The molecule has 1 aliphatic carbocycles. The van der Waals surface area contributed by atoms with Crippen LogP contribution in [-0.4, -0.2) is 11.1 Å². The monoisotopic (exact) mass is 170 g/mol. The van der Waals surface area contributed by atoms with Crippen molar-refractivity contribution in [1.29, 1.82) is 0 Å². The van der Waals surface area contributed by atoms with Crippen LogP contribution in [0.25, 0.3) is 0 Å². The Hall–Kier alpha value is -0.530. The normalized spacial score (nSPS) is 36.1. The van der Waals surface area contributed by atoms with Gasteiger partial charge in [0.05, 0.1) is 0 Å². The Morgan fingerprint density at radius 3 is 2.67 bits per heavy atom. The summed E-state index contributed by atoms with van der Waals surface area (Å²) in [6.07, 6.45) is 2.74. The smallest absolute Gasteiger partial charge is 0.303 e. The minimum absolute atomic E-state index is 0.334. The fourth-order valence-corrected chi connectivity index (χ4v) is 2.16. The zero-order valence-electron chi connectivity index (χ0n) is 8.13. The molecule has 0 saturated heterocycles. The van der Waals surface area contributed by atoms with Gasteiger partial charge in [-0.1, -0.05) is 27.2 Å². The highest BCUT2D eigenvalue weighted by molar-refractivity contribution is 5.67. The van der Waals surface area contributed by atoms with Crippen molar-refractivity contribution < 1.29 is 9.90 Å². The van der Waals surface area contributed by atoms with E-state index in [1.807, 2.05) is 0 Å². The largest absolute Gasteiger partial charge is 0.481 e. The van der Waals surface area contributed by atoms with Crippen molar-refractivity contribution in [3.05, 3.63) is 0 Å². The molecule has 2 nitrogen and oxygen atoms in total. The molecule has 1 aliphatic rings. The van der Waals surface area contributed by atoms with Gasteiger partial charge in [-0.05, 0) is 23.7 Å². The first kappa shape index (κ1) is 9.56. The lowest BCUT2D eigenvalue weighted by Gasteiger charge is -2.12. The van der Waals surface area contributed by atoms with E-state index in [1.165, 1.54) is 12.8 Å². The van der Waals surface area contributed by atoms with Crippen molar-refractivity contribution in [2.24, 2.45) is 17.3 Å². The second kappa shape index (κ2) is 3.08. The fourth-order valence-electron chi connectivity index (χ4n) is 2.16. The number of carbonyl (C=O) groups is 1. The third-order valence-electron chi connectivity index (χ3n) is 3.41. The van der Waals surface area contributed by atoms with E-state index in [1.54, 1.807) is 0 Å². The minimum atomic E-state index is -0.659. The molecular formula is C10H18O2. The summed E-state index contributed by atoms with van der Waals surface area (Å²) in [5.74, 6) is 0.346. The van der Waals surface area contributed by atoms with Gasteiger partial charge in [0, 0.05) is 6.42 Å². The summed E-state index contributed by atoms with van der Waals surface area (Å²) in [4.78, 5) is 10.4. The van der Waals surface area contributed by atoms with Crippen molar-refractivity contribution in [1.82, 2.24) is 0 Å². The van der Waals surface area contributed by atoms with Crippen LogP contribution in [0.2, 0.25) is 0 Å². The average Bonchev–Trinajstić information content (AvgIpc) is 2.62. The van der Waals surface area contributed by atoms with Crippen LogP contribution < -0.4 is 0 Å². The third kappa shape index (κ3) is 1.79. The molecule has 0 radical (unpaired) electrons. The van der Waals surface area contributed by atoms with Crippen LogP contribution in [0.1, 0.15) is 40.0 Å². The molecule has 0 spiro atoms. The maximum atomic E-state index is 10.4. The van der Waals surface area contributed by atoms with Gasteiger partial charge in [0.25, 0.3) is 0 Å². The standard InChI is InChI=1S/C10H18O2/c1-4-10(3)6-8(10)7(2)5-9(11)12/h7-8H,4-6H2,1-3H3,(H,11,12). The summed E-state index contributed by atoms with van der Waals surface area (Å²) in [5.41, 5.74) is 0.453. The molecule has 1 saturated carbocycles. The number of hydrogen-bond acceptors (Lipinski definition) is 1. The number of rotatable bonds is 4. The maximum Gasteiger partial charge on any atom is 0.303 e. The van der Waals surface area contributed by atoms with Gasteiger partial charge < -0.3 is 5.11 Å². The molecule has 1 rings (SSSR count). The van der Waals surface area contributed by atoms with Crippen LogP contribution in [-0.2, 0) is 4.79 Å². The summed E-state index contributed by atoms with van der Waals surface area (Å²) in [5, 5.41) is 8.60. The van der Waals surface area contributed by atoms with E-state index < -0.39 is 5.97 Å². The molecule has 12 heavy (non-hydrogen) atoms. The predicted octanol–water partition coefficient (Wildman–Crippen LogP) is 2.53. The highest BCUT2D eigenvalue weighted by atomic mass is 16.4. The Labute approximate surface area is 74.0 Å². The van der Waals surface area contributed by atoms with E-state index in [2.05, 4.69) is 20.8 Å². The first-order chi connectivity index (χ1) is 5.49. The number of aliphatic carboxylic acids is 1. The summed E-state index contributed by atoms with van der Waals surface area (Å²) in [7, 11) is 0. The molecule has 0 aliphatic heterocycles. The van der Waals surface area contributed by atoms with Gasteiger partial charge in [-0.15, -0.1) is 0 Å².